The summed E-state index contributed by atoms with van der Waals surface area (Å²) in [5.74, 6) is 0.476. The Labute approximate surface area is 295 Å². The van der Waals surface area contributed by atoms with E-state index < -0.39 is 27.5 Å². The number of anilines is 1. The predicted octanol–water partition coefficient (Wildman–Crippen LogP) is 6.61. The molecule has 1 unspecified atom stereocenters. The third-order valence-electron chi connectivity index (χ3n) is 10.0. The molecule has 1 aliphatic heterocycles. The molecule has 0 saturated heterocycles. The van der Waals surface area contributed by atoms with Gasteiger partial charge in [0.1, 0.15) is 11.4 Å². The van der Waals surface area contributed by atoms with E-state index in [9.17, 15) is 13.8 Å². The van der Waals surface area contributed by atoms with Crippen LogP contribution in [0.5, 0.6) is 5.75 Å². The summed E-state index contributed by atoms with van der Waals surface area (Å²) in [4.78, 5) is 28.8. The number of urea groups is 1. The van der Waals surface area contributed by atoms with E-state index >= 15 is 0 Å². The van der Waals surface area contributed by atoms with E-state index in [1.165, 1.54) is 17.2 Å². The van der Waals surface area contributed by atoms with E-state index in [4.69, 9.17) is 25.8 Å². The van der Waals surface area contributed by atoms with Gasteiger partial charge in [-0.2, -0.15) is 0 Å². The van der Waals surface area contributed by atoms with Gasteiger partial charge in [0.15, 0.2) is 9.92 Å². The minimum absolute atomic E-state index is 0.0595. The lowest BCUT2D eigenvalue weighted by Gasteiger charge is -2.46. The molecule has 2 aromatic carbocycles. The highest BCUT2D eigenvalue weighted by Gasteiger charge is 2.44. The average Bonchev–Trinajstić information content (AvgIpc) is 3.21. The second-order valence-electron chi connectivity index (χ2n) is 13.7. The van der Waals surface area contributed by atoms with Gasteiger partial charge in [0.25, 0.3) is 5.91 Å². The first-order valence-corrected chi connectivity index (χ1v) is 18.9. The molecule has 49 heavy (non-hydrogen) atoms. The van der Waals surface area contributed by atoms with Gasteiger partial charge in [-0.15, -0.1) is 17.5 Å². The number of aryl methyl sites for hydroxylation is 1. The van der Waals surface area contributed by atoms with Gasteiger partial charge in [0, 0.05) is 37.2 Å². The van der Waals surface area contributed by atoms with Crippen molar-refractivity contribution in [3.8, 4) is 5.75 Å². The van der Waals surface area contributed by atoms with E-state index in [1.807, 2.05) is 12.1 Å². The number of nitrogens with one attached hydrogen (secondary N) is 2. The third kappa shape index (κ3) is 7.85. The van der Waals surface area contributed by atoms with Crippen LogP contribution in [0.3, 0.4) is 0 Å². The van der Waals surface area contributed by atoms with Crippen molar-refractivity contribution in [1.82, 2.24) is 10.0 Å². The molecule has 10 nitrogen and oxygen atoms in total. The summed E-state index contributed by atoms with van der Waals surface area (Å²) in [7, 11) is -2.11. The number of nitrogens with zero attached hydrogens (tertiary/aromatic N) is 2. The normalized spacial score (nSPS) is 23.3. The summed E-state index contributed by atoms with van der Waals surface area (Å²) in [5.41, 5.74) is 1.46. The minimum Gasteiger partial charge on any atom is -0.490 e. The van der Waals surface area contributed by atoms with E-state index in [1.54, 1.807) is 46.1 Å². The van der Waals surface area contributed by atoms with Crippen molar-refractivity contribution >= 4 is 39.1 Å². The van der Waals surface area contributed by atoms with Crippen LogP contribution in [0.2, 0.25) is 5.02 Å². The van der Waals surface area contributed by atoms with Gasteiger partial charge in [-0.1, -0.05) is 29.8 Å². The molecule has 0 radical (unpaired) electrons. The molecule has 3 aliphatic rings. The highest BCUT2D eigenvalue weighted by molar-refractivity contribution is 7.92. The highest BCUT2D eigenvalue weighted by atomic mass is 35.5. The number of hydrogen-bond donors (Lipinski definition) is 2. The van der Waals surface area contributed by atoms with Crippen LogP contribution in [-0.2, 0) is 36.0 Å². The average molecular weight is 713 g/mol. The molecule has 0 aromatic heterocycles. The van der Waals surface area contributed by atoms with Crippen molar-refractivity contribution in [2.24, 2.45) is 16.2 Å². The Balaban J connectivity index is 1.61. The molecule has 5 rings (SSSR count). The van der Waals surface area contributed by atoms with Gasteiger partial charge in [0.05, 0.1) is 29.9 Å². The number of carbonyl (C=O) groups is 2. The number of amides is 3. The second kappa shape index (κ2) is 15.2. The smallest absolute Gasteiger partial charge is 0.327 e. The maximum absolute atomic E-state index is 14.7. The lowest BCUT2D eigenvalue weighted by Crippen LogP contribution is -2.49. The van der Waals surface area contributed by atoms with Crippen molar-refractivity contribution < 1.29 is 28.0 Å². The van der Waals surface area contributed by atoms with Gasteiger partial charge in [-0.25, -0.2) is 13.7 Å². The van der Waals surface area contributed by atoms with Crippen LogP contribution in [0.4, 0.5) is 10.5 Å². The topological polar surface area (TPSA) is 119 Å². The van der Waals surface area contributed by atoms with Crippen molar-refractivity contribution in [2.75, 3.05) is 44.9 Å². The van der Waals surface area contributed by atoms with Crippen LogP contribution in [0, 0.1) is 11.8 Å². The molecule has 3 amide bonds. The number of ether oxygens (including phenoxy) is 3. The van der Waals surface area contributed by atoms with Crippen molar-refractivity contribution in [1.29, 1.82) is 0 Å². The molecule has 1 saturated carbocycles. The summed E-state index contributed by atoms with van der Waals surface area (Å²) in [5, 5.41) is 3.32. The summed E-state index contributed by atoms with van der Waals surface area (Å²) in [6.07, 6.45) is 8.27. The van der Waals surface area contributed by atoms with Gasteiger partial charge < -0.3 is 24.4 Å². The van der Waals surface area contributed by atoms with Crippen molar-refractivity contribution in [2.45, 2.75) is 74.9 Å². The maximum Gasteiger partial charge on any atom is 0.327 e. The Kier molecular flexibility index (Phi) is 11.5. The van der Waals surface area contributed by atoms with Crippen LogP contribution >= 0.6 is 11.6 Å². The molecule has 2 aliphatic carbocycles. The molecule has 5 atom stereocenters. The molecular formula is C37H49ClN4O6S. The number of benzene rings is 2. The number of halogens is 1. The zero-order valence-corrected chi connectivity index (χ0v) is 30.5. The Morgan fingerprint density at radius 1 is 1.24 bits per heavy atom. The number of rotatable bonds is 12. The standard InChI is InChI=1S/C37H49ClN4O6S/c1-7-19-48-36(4,5)34(43)40-49(45,41-35(44)39-9-3)28-14-17-33-31(21-28)42(22-26-12-15-29(26)32(8-2)46-6)23-37(24-47-33)18-10-11-25-20-27(38)13-16-30(25)37/h7-8,13-14,16-17,20-21,26,29,32H,1-2,9-12,15,18-19,22-24H2,3-6H3,(H2,39,40,41,43,44,45)/t26-,29+,32-,37-,49?/m0/s1. The second-order valence-corrected chi connectivity index (χ2v) is 16.0. The molecule has 2 N–H and O–H groups in total. The molecule has 1 heterocycles. The number of methoxy groups -OCH3 is 1. The Bertz CT molecular complexity index is 1710. The fourth-order valence-electron chi connectivity index (χ4n) is 7.26. The van der Waals surface area contributed by atoms with Gasteiger partial charge in [0.2, 0.25) is 0 Å². The van der Waals surface area contributed by atoms with Crippen LogP contribution < -0.4 is 19.7 Å². The summed E-state index contributed by atoms with van der Waals surface area (Å²) >= 11 is 6.44. The first-order chi connectivity index (χ1) is 23.4. The van der Waals surface area contributed by atoms with Crippen LogP contribution in [0.15, 0.2) is 71.0 Å². The molecule has 1 fully saturated rings. The SMILES string of the molecule is C=CCOC(C)(C)C(=O)N=S(=O)(NC(=O)NCC)c1ccc2c(c1)N(C[C@@H]1CC[C@H]1[C@H](C=C)OC)C[C@@]1(CCCc3cc(Cl)ccc31)CO2. The summed E-state index contributed by atoms with van der Waals surface area (Å²) in [6.45, 7) is 14.7. The molecule has 0 bridgehead atoms. The monoisotopic (exact) mass is 712 g/mol. The molecule has 1 spiro atoms. The van der Waals surface area contributed by atoms with E-state index in [0.29, 0.717) is 48.8 Å². The van der Waals surface area contributed by atoms with Gasteiger partial charge in [-0.05, 0) is 106 Å². The lowest BCUT2D eigenvalue weighted by molar-refractivity contribution is -0.137. The lowest BCUT2D eigenvalue weighted by atomic mass is 9.68. The van der Waals surface area contributed by atoms with E-state index in [0.717, 1.165) is 37.8 Å². The largest absolute Gasteiger partial charge is 0.490 e. The fourth-order valence-corrected chi connectivity index (χ4v) is 9.03. The predicted molar refractivity (Wildman–Crippen MR) is 194 cm³/mol. The Morgan fingerprint density at radius 2 is 2.04 bits per heavy atom. The molecule has 266 valence electrons. The first kappa shape index (κ1) is 36.9. The van der Waals surface area contributed by atoms with E-state index in [-0.39, 0.29) is 23.0 Å². The van der Waals surface area contributed by atoms with Gasteiger partial charge >= 0.3 is 6.03 Å². The molecular weight excluding hydrogens is 664 g/mol. The minimum atomic E-state index is -3.83. The fraction of sp³-hybridized carbons (Fsp3) is 0.514. The zero-order valence-electron chi connectivity index (χ0n) is 29.0. The summed E-state index contributed by atoms with van der Waals surface area (Å²) in [6, 6.07) is 10.6. The quantitative estimate of drug-likeness (QED) is 0.238. The van der Waals surface area contributed by atoms with Crippen molar-refractivity contribution in [3.63, 3.8) is 0 Å². The zero-order chi connectivity index (χ0) is 35.4. The van der Waals surface area contributed by atoms with E-state index in [2.05, 4.69) is 44.6 Å². The van der Waals surface area contributed by atoms with Crippen LogP contribution in [0.1, 0.15) is 57.6 Å². The number of fused-ring (bicyclic) bond motifs is 3. The van der Waals surface area contributed by atoms with Crippen molar-refractivity contribution in [3.05, 3.63) is 77.9 Å². The maximum atomic E-state index is 14.7. The number of hydrogen-bond acceptors (Lipinski definition) is 7. The third-order valence-corrected chi connectivity index (χ3v) is 12.1. The van der Waals surface area contributed by atoms with Crippen LogP contribution in [-0.4, -0.2) is 67.8 Å². The molecule has 12 heteroatoms. The number of carbonyl (C=O) groups excluding carboxylic acids is 2. The highest BCUT2D eigenvalue weighted by Crippen LogP contribution is 2.47. The molecule has 2 aromatic rings. The Morgan fingerprint density at radius 3 is 2.71 bits per heavy atom. The van der Waals surface area contributed by atoms with Gasteiger partial charge in [-0.3, -0.25) is 4.79 Å². The first-order valence-electron chi connectivity index (χ1n) is 17.0. The Hall–Kier alpha value is -3.38. The summed E-state index contributed by atoms with van der Waals surface area (Å²) < 4.78 is 39.4. The van der Waals surface area contributed by atoms with Crippen LogP contribution in [0.25, 0.3) is 0 Å².